The van der Waals surface area contributed by atoms with E-state index in [9.17, 15) is 14.4 Å². The highest BCUT2D eigenvalue weighted by Crippen LogP contribution is 2.44. The molecule has 9 nitrogen and oxygen atoms in total. The zero-order valence-electron chi connectivity index (χ0n) is 16.9. The van der Waals surface area contributed by atoms with Crippen molar-refractivity contribution in [1.82, 2.24) is 10.6 Å². The lowest BCUT2D eigenvalue weighted by Crippen LogP contribution is -2.54. The number of rotatable bonds is 9. The number of nitrogens with one attached hydrogen (secondary N) is 2. The molecule has 2 amide bonds. The first-order valence-electron chi connectivity index (χ1n) is 9.70. The molecule has 0 radical (unpaired) electrons. The number of benzene rings is 2. The Morgan fingerprint density at radius 2 is 1.55 bits per heavy atom. The van der Waals surface area contributed by atoms with Gasteiger partial charge in [-0.3, -0.25) is 4.79 Å². The van der Waals surface area contributed by atoms with Crippen LogP contribution in [0.15, 0.2) is 48.5 Å². The van der Waals surface area contributed by atoms with Gasteiger partial charge in [-0.25, -0.2) is 9.59 Å². The van der Waals surface area contributed by atoms with Crippen LogP contribution in [-0.4, -0.2) is 67.2 Å². The standard InChI is InChI=1S/C22H24N2O7/c1-30-12-19(20(26)23-18(10-25)21(27)28)24-22(29)31-11-17-15-8-4-2-6-13(15)14-7-3-5-9-16(14)17/h2-9,17-19,25H,10-12H2,1H3,(H,23,26)(H,24,29)(H,27,28)/t18-,19-/m0/s1. The van der Waals surface area contributed by atoms with E-state index >= 15 is 0 Å². The second-order valence-electron chi connectivity index (χ2n) is 7.06. The van der Waals surface area contributed by atoms with Crippen molar-refractivity contribution < 1.29 is 34.1 Å². The molecule has 4 N–H and O–H groups in total. The van der Waals surface area contributed by atoms with E-state index in [2.05, 4.69) is 10.6 Å². The number of carboxylic acids is 1. The van der Waals surface area contributed by atoms with Crippen LogP contribution in [0.3, 0.4) is 0 Å². The van der Waals surface area contributed by atoms with E-state index in [-0.39, 0.29) is 19.1 Å². The number of carboxylic acid groups (broad SMARTS) is 1. The van der Waals surface area contributed by atoms with E-state index in [0.29, 0.717) is 0 Å². The van der Waals surface area contributed by atoms with Crippen molar-refractivity contribution in [3.05, 3.63) is 59.7 Å². The van der Waals surface area contributed by atoms with Crippen LogP contribution in [0.1, 0.15) is 17.0 Å². The van der Waals surface area contributed by atoms with Gasteiger partial charge in [0.2, 0.25) is 5.91 Å². The largest absolute Gasteiger partial charge is 0.480 e. The van der Waals surface area contributed by atoms with Crippen molar-refractivity contribution in [1.29, 1.82) is 0 Å². The first kappa shape index (κ1) is 22.3. The average molecular weight is 428 g/mol. The fraction of sp³-hybridized carbons (Fsp3) is 0.318. The van der Waals surface area contributed by atoms with Gasteiger partial charge < -0.3 is 30.3 Å². The second-order valence-corrected chi connectivity index (χ2v) is 7.06. The molecule has 0 spiro atoms. The van der Waals surface area contributed by atoms with Crippen molar-refractivity contribution in [3.63, 3.8) is 0 Å². The molecule has 31 heavy (non-hydrogen) atoms. The van der Waals surface area contributed by atoms with Gasteiger partial charge in [-0.2, -0.15) is 0 Å². The van der Waals surface area contributed by atoms with Gasteiger partial charge in [-0.1, -0.05) is 48.5 Å². The number of carbonyl (C=O) groups excluding carboxylic acids is 2. The number of aliphatic hydroxyl groups is 1. The number of aliphatic hydroxyl groups excluding tert-OH is 1. The Labute approximate surface area is 179 Å². The van der Waals surface area contributed by atoms with Crippen LogP contribution in [-0.2, 0) is 19.1 Å². The Kier molecular flexibility index (Phi) is 7.22. The average Bonchev–Trinajstić information content (AvgIpc) is 3.09. The molecule has 9 heteroatoms. The lowest BCUT2D eigenvalue weighted by Gasteiger charge is -2.20. The molecular weight excluding hydrogens is 404 g/mol. The van der Waals surface area contributed by atoms with Crippen LogP contribution in [0, 0.1) is 0 Å². The third kappa shape index (κ3) is 5.01. The number of alkyl carbamates (subject to hydrolysis) is 1. The Bertz CT molecular complexity index is 917. The van der Waals surface area contributed by atoms with Gasteiger partial charge in [0, 0.05) is 13.0 Å². The molecule has 0 saturated heterocycles. The van der Waals surface area contributed by atoms with Crippen LogP contribution < -0.4 is 10.6 Å². The zero-order chi connectivity index (χ0) is 22.4. The van der Waals surface area contributed by atoms with Gasteiger partial charge in [-0.05, 0) is 22.3 Å². The van der Waals surface area contributed by atoms with E-state index < -0.39 is 36.7 Å². The summed E-state index contributed by atoms with van der Waals surface area (Å²) >= 11 is 0. The third-order valence-electron chi connectivity index (χ3n) is 5.08. The molecule has 0 heterocycles. The van der Waals surface area contributed by atoms with Crippen molar-refractivity contribution in [2.75, 3.05) is 26.9 Å². The molecule has 0 fully saturated rings. The Morgan fingerprint density at radius 3 is 2.06 bits per heavy atom. The maximum atomic E-state index is 12.4. The van der Waals surface area contributed by atoms with E-state index in [0.717, 1.165) is 22.3 Å². The van der Waals surface area contributed by atoms with E-state index in [1.54, 1.807) is 0 Å². The van der Waals surface area contributed by atoms with Gasteiger partial charge in [-0.15, -0.1) is 0 Å². The number of amides is 2. The maximum Gasteiger partial charge on any atom is 0.407 e. The molecule has 0 aliphatic heterocycles. The van der Waals surface area contributed by atoms with Gasteiger partial charge >= 0.3 is 12.1 Å². The minimum Gasteiger partial charge on any atom is -0.480 e. The van der Waals surface area contributed by atoms with Crippen LogP contribution in [0.2, 0.25) is 0 Å². The lowest BCUT2D eigenvalue weighted by atomic mass is 9.98. The fourth-order valence-electron chi connectivity index (χ4n) is 3.59. The number of fused-ring (bicyclic) bond motifs is 3. The highest BCUT2D eigenvalue weighted by molar-refractivity contribution is 5.89. The summed E-state index contributed by atoms with van der Waals surface area (Å²) < 4.78 is 10.3. The van der Waals surface area contributed by atoms with Crippen molar-refractivity contribution in [3.8, 4) is 11.1 Å². The lowest BCUT2D eigenvalue weighted by molar-refractivity contribution is -0.143. The van der Waals surface area contributed by atoms with Crippen molar-refractivity contribution in [2.24, 2.45) is 0 Å². The molecule has 2 aromatic rings. The minimum absolute atomic E-state index is 0.0651. The number of carbonyl (C=O) groups is 3. The molecular formula is C22H24N2O7. The van der Waals surface area contributed by atoms with E-state index in [1.165, 1.54) is 7.11 Å². The van der Waals surface area contributed by atoms with Crippen molar-refractivity contribution >= 4 is 18.0 Å². The summed E-state index contributed by atoms with van der Waals surface area (Å²) in [6, 6.07) is 13.1. The van der Waals surface area contributed by atoms with Crippen LogP contribution >= 0.6 is 0 Å². The zero-order valence-corrected chi connectivity index (χ0v) is 16.9. The molecule has 0 aromatic heterocycles. The number of methoxy groups -OCH3 is 1. The normalized spacial score (nSPS) is 14.1. The van der Waals surface area contributed by atoms with Gasteiger partial charge in [0.05, 0.1) is 13.2 Å². The smallest absolute Gasteiger partial charge is 0.407 e. The molecule has 2 atom stereocenters. The predicted molar refractivity (Wildman–Crippen MR) is 111 cm³/mol. The molecule has 0 saturated carbocycles. The van der Waals surface area contributed by atoms with E-state index in [4.69, 9.17) is 19.7 Å². The summed E-state index contributed by atoms with van der Waals surface area (Å²) in [6.45, 7) is -0.922. The molecule has 1 aliphatic rings. The van der Waals surface area contributed by atoms with Crippen molar-refractivity contribution in [2.45, 2.75) is 18.0 Å². The van der Waals surface area contributed by atoms with Gasteiger partial charge in [0.1, 0.15) is 18.7 Å². The summed E-state index contributed by atoms with van der Waals surface area (Å²) in [6.07, 6.45) is -0.838. The first-order valence-corrected chi connectivity index (χ1v) is 9.70. The summed E-state index contributed by atoms with van der Waals surface area (Å²) in [4.78, 5) is 35.7. The Hall–Kier alpha value is -3.43. The quantitative estimate of drug-likeness (QED) is 0.470. The molecule has 1 aliphatic carbocycles. The fourth-order valence-corrected chi connectivity index (χ4v) is 3.59. The molecule has 0 unspecified atom stereocenters. The predicted octanol–water partition coefficient (Wildman–Crippen LogP) is 1.10. The maximum absolute atomic E-state index is 12.4. The van der Waals surface area contributed by atoms with Crippen LogP contribution in [0.4, 0.5) is 4.79 Å². The number of hydrogen-bond acceptors (Lipinski definition) is 6. The first-order chi connectivity index (χ1) is 15.0. The molecule has 3 rings (SSSR count). The summed E-state index contributed by atoms with van der Waals surface area (Å²) in [5, 5.41) is 22.6. The second kappa shape index (κ2) is 10.1. The van der Waals surface area contributed by atoms with Crippen LogP contribution in [0.5, 0.6) is 0 Å². The minimum atomic E-state index is -1.49. The Balaban J connectivity index is 1.64. The molecule has 2 aromatic carbocycles. The van der Waals surface area contributed by atoms with Crippen LogP contribution in [0.25, 0.3) is 11.1 Å². The summed E-state index contributed by atoms with van der Waals surface area (Å²) in [5.74, 6) is -2.34. The summed E-state index contributed by atoms with van der Waals surface area (Å²) in [5.41, 5.74) is 4.28. The highest BCUT2D eigenvalue weighted by atomic mass is 16.5. The van der Waals surface area contributed by atoms with Gasteiger partial charge in [0.25, 0.3) is 0 Å². The topological polar surface area (TPSA) is 134 Å². The monoisotopic (exact) mass is 428 g/mol. The third-order valence-corrected chi connectivity index (χ3v) is 5.08. The number of hydrogen-bond donors (Lipinski definition) is 4. The van der Waals surface area contributed by atoms with E-state index in [1.807, 2.05) is 48.5 Å². The number of aliphatic carboxylic acids is 1. The SMILES string of the molecule is COC[C@H](NC(=O)OCC1c2ccccc2-c2ccccc21)C(=O)N[C@@H](CO)C(=O)O. The van der Waals surface area contributed by atoms with Gasteiger partial charge in [0.15, 0.2) is 0 Å². The number of ether oxygens (including phenoxy) is 2. The molecule has 0 bridgehead atoms. The highest BCUT2D eigenvalue weighted by Gasteiger charge is 2.30. The Morgan fingerprint density at radius 1 is 0.968 bits per heavy atom. The summed E-state index contributed by atoms with van der Waals surface area (Å²) in [7, 11) is 1.33. The molecule has 164 valence electrons.